The van der Waals surface area contributed by atoms with E-state index >= 15 is 0 Å². The molecular weight excluding hydrogens is 405 g/mol. The summed E-state index contributed by atoms with van der Waals surface area (Å²) in [6.07, 6.45) is 0.834. The van der Waals surface area contributed by atoms with Crippen molar-refractivity contribution in [3.05, 3.63) is 35.4 Å². The Kier molecular flexibility index (Phi) is 6.38. The lowest BCUT2D eigenvalue weighted by Crippen LogP contribution is -2.37. The van der Waals surface area contributed by atoms with Crippen LogP contribution in [0.3, 0.4) is 0 Å². The highest BCUT2D eigenvalue weighted by molar-refractivity contribution is 7.98. The Morgan fingerprint density at radius 1 is 1.17 bits per heavy atom. The average molecular weight is 432 g/mol. The van der Waals surface area contributed by atoms with Crippen LogP contribution in [0.5, 0.6) is 5.75 Å². The van der Waals surface area contributed by atoms with Crippen molar-refractivity contribution in [3.8, 4) is 5.75 Å². The zero-order valence-corrected chi connectivity index (χ0v) is 18.3. The number of halogens is 1. The minimum absolute atomic E-state index is 0.245. The molecule has 0 aliphatic carbocycles. The number of ether oxygens (including phenoxy) is 2. The van der Waals surface area contributed by atoms with E-state index in [-0.39, 0.29) is 11.6 Å². The predicted molar refractivity (Wildman–Crippen MR) is 116 cm³/mol. The molecular formula is C21H26FN5O2S. The van der Waals surface area contributed by atoms with Crippen LogP contribution in [0.4, 0.5) is 10.2 Å². The molecule has 0 amide bonds. The summed E-state index contributed by atoms with van der Waals surface area (Å²) in [7, 11) is 1.46. The third-order valence-electron chi connectivity index (χ3n) is 5.16. The quantitative estimate of drug-likeness (QED) is 0.418. The molecule has 0 unspecified atom stereocenters. The first-order chi connectivity index (χ1) is 14.6. The summed E-state index contributed by atoms with van der Waals surface area (Å²) in [5.41, 5.74) is 2.55. The second-order valence-corrected chi connectivity index (χ2v) is 7.93. The van der Waals surface area contributed by atoms with E-state index in [1.165, 1.54) is 24.9 Å². The number of fused-ring (bicyclic) bond motifs is 1. The zero-order valence-electron chi connectivity index (χ0n) is 17.5. The van der Waals surface area contributed by atoms with Gasteiger partial charge in [0.15, 0.2) is 33.7 Å². The molecule has 1 saturated heterocycles. The second kappa shape index (κ2) is 9.18. The van der Waals surface area contributed by atoms with Gasteiger partial charge in [-0.3, -0.25) is 0 Å². The van der Waals surface area contributed by atoms with E-state index in [4.69, 9.17) is 24.4 Å². The van der Waals surface area contributed by atoms with Crippen LogP contribution in [-0.2, 0) is 23.5 Å². The van der Waals surface area contributed by atoms with Gasteiger partial charge in [0.2, 0.25) is 0 Å². The normalized spacial score (nSPS) is 14.5. The van der Waals surface area contributed by atoms with Crippen LogP contribution in [0.25, 0.3) is 11.2 Å². The number of aryl methyl sites for hydroxylation is 2. The molecule has 2 aromatic heterocycles. The lowest BCUT2D eigenvalue weighted by Gasteiger charge is -2.28. The first-order valence-corrected chi connectivity index (χ1v) is 11.2. The Hall–Kier alpha value is -2.39. The van der Waals surface area contributed by atoms with Crippen molar-refractivity contribution < 1.29 is 13.9 Å². The number of thioether (sulfide) groups is 1. The highest BCUT2D eigenvalue weighted by Crippen LogP contribution is 2.30. The molecule has 0 saturated carbocycles. The van der Waals surface area contributed by atoms with Gasteiger partial charge in [-0.05, 0) is 24.6 Å². The molecule has 160 valence electrons. The molecule has 7 nitrogen and oxygen atoms in total. The molecule has 1 fully saturated rings. The maximum Gasteiger partial charge on any atom is 0.191 e. The van der Waals surface area contributed by atoms with Gasteiger partial charge in [0.25, 0.3) is 0 Å². The largest absolute Gasteiger partial charge is 0.494 e. The van der Waals surface area contributed by atoms with E-state index in [0.717, 1.165) is 54.4 Å². The SMILES string of the molecule is CCc1nc2c(N3CCOCC3)nc(SCc3ccc(OC)c(F)c3)nc2n1CC. The van der Waals surface area contributed by atoms with Gasteiger partial charge < -0.3 is 18.9 Å². The molecule has 1 aromatic carbocycles. The van der Waals surface area contributed by atoms with Gasteiger partial charge in [0, 0.05) is 31.8 Å². The third kappa shape index (κ3) is 4.09. The summed E-state index contributed by atoms with van der Waals surface area (Å²) in [4.78, 5) is 16.7. The maximum absolute atomic E-state index is 14.0. The van der Waals surface area contributed by atoms with E-state index in [1.54, 1.807) is 6.07 Å². The molecule has 3 aromatic rings. The van der Waals surface area contributed by atoms with Crippen molar-refractivity contribution in [1.82, 2.24) is 19.5 Å². The molecule has 0 N–H and O–H groups in total. The Morgan fingerprint density at radius 2 is 1.97 bits per heavy atom. The molecule has 4 rings (SSSR count). The van der Waals surface area contributed by atoms with Gasteiger partial charge in [-0.2, -0.15) is 0 Å². The first-order valence-electron chi connectivity index (χ1n) is 10.2. The Balaban J connectivity index is 1.69. The fraction of sp³-hybridized carbons (Fsp3) is 0.476. The predicted octanol–water partition coefficient (Wildman–Crippen LogP) is 3.69. The number of aromatic nitrogens is 4. The van der Waals surface area contributed by atoms with E-state index in [0.29, 0.717) is 24.1 Å². The fourth-order valence-electron chi connectivity index (χ4n) is 3.62. The van der Waals surface area contributed by atoms with Crippen LogP contribution in [0.1, 0.15) is 25.2 Å². The highest BCUT2D eigenvalue weighted by atomic mass is 32.2. The second-order valence-electron chi connectivity index (χ2n) is 6.98. The van der Waals surface area contributed by atoms with Crippen LogP contribution >= 0.6 is 11.8 Å². The van der Waals surface area contributed by atoms with Gasteiger partial charge in [0.1, 0.15) is 5.82 Å². The zero-order chi connectivity index (χ0) is 21.1. The Bertz CT molecular complexity index is 1040. The topological polar surface area (TPSA) is 65.3 Å². The summed E-state index contributed by atoms with van der Waals surface area (Å²) in [6, 6.07) is 5.01. The molecule has 0 atom stereocenters. The minimum Gasteiger partial charge on any atom is -0.494 e. The molecule has 30 heavy (non-hydrogen) atoms. The number of hydrogen-bond donors (Lipinski definition) is 0. The number of morpholine rings is 1. The van der Waals surface area contributed by atoms with Gasteiger partial charge in [-0.25, -0.2) is 19.3 Å². The minimum atomic E-state index is -0.363. The number of nitrogens with zero attached hydrogens (tertiary/aromatic N) is 5. The van der Waals surface area contributed by atoms with Crippen molar-refractivity contribution >= 4 is 28.7 Å². The van der Waals surface area contributed by atoms with Gasteiger partial charge in [-0.15, -0.1) is 0 Å². The highest BCUT2D eigenvalue weighted by Gasteiger charge is 2.22. The monoisotopic (exact) mass is 431 g/mol. The summed E-state index contributed by atoms with van der Waals surface area (Å²) in [5, 5.41) is 0.664. The molecule has 0 spiro atoms. The third-order valence-corrected chi connectivity index (χ3v) is 6.08. The van der Waals surface area contributed by atoms with Gasteiger partial charge in [0.05, 0.1) is 20.3 Å². The number of hydrogen-bond acceptors (Lipinski definition) is 7. The standard InChI is InChI=1S/C21H26FN5O2S/c1-4-17-23-18-19(26-8-10-29-11-9-26)24-21(25-20(18)27(17)5-2)30-13-14-6-7-16(28-3)15(22)12-14/h6-7,12H,4-5,8-11,13H2,1-3H3. The molecule has 1 aliphatic rings. The van der Waals surface area contributed by atoms with Gasteiger partial charge >= 0.3 is 0 Å². The van der Waals surface area contributed by atoms with Crippen LogP contribution in [0.15, 0.2) is 23.4 Å². The van der Waals surface area contributed by atoms with Crippen molar-refractivity contribution in [3.63, 3.8) is 0 Å². The van der Waals surface area contributed by atoms with E-state index in [1.807, 2.05) is 6.07 Å². The number of rotatable bonds is 7. The number of benzene rings is 1. The van der Waals surface area contributed by atoms with E-state index in [9.17, 15) is 4.39 Å². The number of imidazole rings is 1. The van der Waals surface area contributed by atoms with Crippen molar-refractivity contribution in [2.45, 2.75) is 37.7 Å². The molecule has 9 heteroatoms. The van der Waals surface area contributed by atoms with E-state index < -0.39 is 0 Å². The van der Waals surface area contributed by atoms with Crippen LogP contribution in [0, 0.1) is 5.82 Å². The molecule has 3 heterocycles. The molecule has 1 aliphatic heterocycles. The summed E-state index contributed by atoms with van der Waals surface area (Å²) < 4.78 is 26.7. The molecule has 0 radical (unpaired) electrons. The van der Waals surface area contributed by atoms with Gasteiger partial charge in [-0.1, -0.05) is 24.8 Å². The summed E-state index contributed by atoms with van der Waals surface area (Å²) in [5.74, 6) is 2.31. The summed E-state index contributed by atoms with van der Waals surface area (Å²) in [6.45, 7) is 7.91. The number of anilines is 1. The van der Waals surface area contributed by atoms with Crippen LogP contribution in [0.2, 0.25) is 0 Å². The van der Waals surface area contributed by atoms with Crippen molar-refractivity contribution in [1.29, 1.82) is 0 Å². The average Bonchev–Trinajstić information content (AvgIpc) is 3.15. The first kappa shape index (κ1) is 20.9. The van der Waals surface area contributed by atoms with Crippen LogP contribution < -0.4 is 9.64 Å². The Morgan fingerprint density at radius 3 is 2.63 bits per heavy atom. The number of methoxy groups -OCH3 is 1. The van der Waals surface area contributed by atoms with Crippen molar-refractivity contribution in [2.75, 3.05) is 38.3 Å². The van der Waals surface area contributed by atoms with Crippen molar-refractivity contribution in [2.24, 2.45) is 0 Å². The van der Waals surface area contributed by atoms with E-state index in [2.05, 4.69) is 23.3 Å². The lowest BCUT2D eigenvalue weighted by molar-refractivity contribution is 0.122. The van der Waals surface area contributed by atoms with Crippen LogP contribution in [-0.4, -0.2) is 52.9 Å². The fourth-order valence-corrected chi connectivity index (χ4v) is 4.40. The lowest BCUT2D eigenvalue weighted by atomic mass is 10.2. The summed E-state index contributed by atoms with van der Waals surface area (Å²) >= 11 is 1.50. The smallest absolute Gasteiger partial charge is 0.191 e. The Labute approximate surface area is 179 Å². The maximum atomic E-state index is 14.0. The molecule has 0 bridgehead atoms.